The Labute approximate surface area is 111 Å². The van der Waals surface area contributed by atoms with E-state index in [2.05, 4.69) is 10.6 Å². The van der Waals surface area contributed by atoms with Crippen LogP contribution in [-0.4, -0.2) is 72.4 Å². The van der Waals surface area contributed by atoms with Crippen molar-refractivity contribution < 1.29 is 19.4 Å². The molecule has 3 unspecified atom stereocenters. The highest BCUT2D eigenvalue weighted by Gasteiger charge is 2.57. The van der Waals surface area contributed by atoms with Gasteiger partial charge in [-0.1, -0.05) is 0 Å². The van der Waals surface area contributed by atoms with E-state index in [1.54, 1.807) is 4.90 Å². The number of carboxylic acids is 1. The number of piperazine rings is 1. The summed E-state index contributed by atoms with van der Waals surface area (Å²) in [6, 6.07) is -0.651. The summed E-state index contributed by atoms with van der Waals surface area (Å²) in [7, 11) is 0. The predicted octanol–water partition coefficient (Wildman–Crippen LogP) is -1.61. The molecule has 7 nitrogen and oxygen atoms in total. The van der Waals surface area contributed by atoms with Crippen molar-refractivity contribution in [1.82, 2.24) is 15.5 Å². The number of fused-ring (bicyclic) bond motifs is 2. The largest absolute Gasteiger partial charge is 0.480 e. The number of hydrogen-bond acceptors (Lipinski definition) is 5. The molecule has 3 heterocycles. The number of aliphatic carboxylic acids is 1. The molecule has 2 bridgehead atoms. The van der Waals surface area contributed by atoms with Crippen LogP contribution in [0.2, 0.25) is 0 Å². The molecule has 0 aliphatic carbocycles. The molecule has 3 N–H and O–H groups in total. The Bertz CT molecular complexity index is 396. The number of morpholine rings is 1. The number of nitrogens with zero attached hydrogens (tertiary/aromatic N) is 1. The molecule has 0 aromatic carbocycles. The topological polar surface area (TPSA) is 90.9 Å². The lowest BCUT2D eigenvalue weighted by molar-refractivity contribution is -0.153. The van der Waals surface area contributed by atoms with Crippen LogP contribution in [0.15, 0.2) is 0 Å². The van der Waals surface area contributed by atoms with Gasteiger partial charge in [-0.15, -0.1) is 0 Å². The van der Waals surface area contributed by atoms with Gasteiger partial charge in [0.25, 0.3) is 0 Å². The monoisotopic (exact) mass is 269 g/mol. The van der Waals surface area contributed by atoms with Gasteiger partial charge in [0.2, 0.25) is 5.91 Å². The summed E-state index contributed by atoms with van der Waals surface area (Å²) in [5.74, 6) is -1.06. The molecule has 3 saturated heterocycles. The van der Waals surface area contributed by atoms with Crippen molar-refractivity contribution in [2.75, 3.05) is 32.8 Å². The maximum atomic E-state index is 12.8. The van der Waals surface area contributed by atoms with Gasteiger partial charge in [0.1, 0.15) is 11.6 Å². The van der Waals surface area contributed by atoms with Gasteiger partial charge in [-0.2, -0.15) is 0 Å². The molecule has 3 atom stereocenters. The second kappa shape index (κ2) is 4.73. The van der Waals surface area contributed by atoms with Crippen LogP contribution in [0.25, 0.3) is 0 Å². The third-order valence-electron chi connectivity index (χ3n) is 4.34. The lowest BCUT2D eigenvalue weighted by Crippen LogP contribution is -2.73. The summed E-state index contributed by atoms with van der Waals surface area (Å²) in [6.45, 7) is 2.74. The van der Waals surface area contributed by atoms with Crippen LogP contribution in [0.1, 0.15) is 12.8 Å². The van der Waals surface area contributed by atoms with Crippen LogP contribution in [0, 0.1) is 0 Å². The molecule has 0 aromatic rings. The first-order valence-electron chi connectivity index (χ1n) is 6.74. The summed E-state index contributed by atoms with van der Waals surface area (Å²) >= 11 is 0. The summed E-state index contributed by atoms with van der Waals surface area (Å²) < 4.78 is 5.24. The molecule has 19 heavy (non-hydrogen) atoms. The molecule has 3 rings (SSSR count). The molecule has 0 aromatic heterocycles. The Morgan fingerprint density at radius 3 is 2.74 bits per heavy atom. The van der Waals surface area contributed by atoms with Crippen molar-refractivity contribution >= 4 is 11.9 Å². The number of carbonyl (C=O) groups is 2. The zero-order chi connectivity index (χ0) is 13.5. The van der Waals surface area contributed by atoms with Crippen LogP contribution >= 0.6 is 0 Å². The first-order valence-corrected chi connectivity index (χ1v) is 6.74. The Hall–Kier alpha value is -1.18. The third-order valence-corrected chi connectivity index (χ3v) is 4.34. The zero-order valence-electron chi connectivity index (χ0n) is 10.7. The fraction of sp³-hybridized carbons (Fsp3) is 0.833. The van der Waals surface area contributed by atoms with Crippen molar-refractivity contribution in [2.24, 2.45) is 0 Å². The normalized spacial score (nSPS) is 38.2. The minimum atomic E-state index is -0.980. The van der Waals surface area contributed by atoms with E-state index < -0.39 is 17.6 Å². The van der Waals surface area contributed by atoms with E-state index in [0.29, 0.717) is 39.3 Å². The van der Waals surface area contributed by atoms with Crippen molar-refractivity contribution in [1.29, 1.82) is 0 Å². The van der Waals surface area contributed by atoms with E-state index in [-0.39, 0.29) is 11.9 Å². The molecule has 0 saturated carbocycles. The smallest absolute Gasteiger partial charge is 0.323 e. The van der Waals surface area contributed by atoms with Crippen molar-refractivity contribution in [3.8, 4) is 0 Å². The molecule has 0 radical (unpaired) electrons. The Balaban J connectivity index is 1.85. The number of nitrogens with one attached hydrogen (secondary N) is 2. The van der Waals surface area contributed by atoms with Crippen LogP contribution in [0.3, 0.4) is 0 Å². The third kappa shape index (κ3) is 2.01. The van der Waals surface area contributed by atoms with Crippen molar-refractivity contribution in [3.63, 3.8) is 0 Å². The lowest BCUT2D eigenvalue weighted by atomic mass is 9.86. The first-order chi connectivity index (χ1) is 9.13. The summed E-state index contributed by atoms with van der Waals surface area (Å²) in [5.41, 5.74) is -0.980. The lowest BCUT2D eigenvalue weighted by Gasteiger charge is -2.42. The fourth-order valence-electron chi connectivity index (χ4n) is 3.36. The van der Waals surface area contributed by atoms with Crippen molar-refractivity contribution in [3.05, 3.63) is 0 Å². The standard InChI is InChI=1S/C12H19N3O4/c16-10(17)9-12(2-1-8(14-12)7-13-9)11(18)15-3-5-19-6-4-15/h8-9,13-14H,1-7H2,(H,16,17). The highest BCUT2D eigenvalue weighted by atomic mass is 16.5. The van der Waals surface area contributed by atoms with E-state index >= 15 is 0 Å². The number of hydrogen-bond donors (Lipinski definition) is 3. The van der Waals surface area contributed by atoms with Gasteiger partial charge < -0.3 is 20.1 Å². The van der Waals surface area contributed by atoms with Crippen molar-refractivity contribution in [2.45, 2.75) is 30.5 Å². The van der Waals surface area contributed by atoms with E-state index in [1.807, 2.05) is 0 Å². The molecule has 3 fully saturated rings. The van der Waals surface area contributed by atoms with E-state index in [4.69, 9.17) is 4.74 Å². The molecule has 7 heteroatoms. The quantitative estimate of drug-likeness (QED) is 0.559. The Morgan fingerprint density at radius 1 is 1.32 bits per heavy atom. The average molecular weight is 269 g/mol. The van der Waals surface area contributed by atoms with Gasteiger partial charge in [0.05, 0.1) is 13.2 Å². The SMILES string of the molecule is O=C(O)C1NCC2CCC1(C(=O)N1CCOCC1)N2. The molecular formula is C12H19N3O4. The van der Waals surface area contributed by atoms with Gasteiger partial charge in [-0.05, 0) is 12.8 Å². The van der Waals surface area contributed by atoms with Crippen LogP contribution in [0.5, 0.6) is 0 Å². The van der Waals surface area contributed by atoms with Crippen LogP contribution in [-0.2, 0) is 14.3 Å². The second-order valence-corrected chi connectivity index (χ2v) is 5.44. The zero-order valence-corrected chi connectivity index (χ0v) is 10.7. The van der Waals surface area contributed by atoms with E-state index in [0.717, 1.165) is 6.42 Å². The number of rotatable bonds is 2. The minimum Gasteiger partial charge on any atom is -0.480 e. The van der Waals surface area contributed by atoms with Gasteiger partial charge in [0.15, 0.2) is 0 Å². The van der Waals surface area contributed by atoms with Crippen LogP contribution < -0.4 is 10.6 Å². The molecule has 3 aliphatic heterocycles. The number of ether oxygens (including phenoxy) is 1. The maximum Gasteiger partial charge on any atom is 0.323 e. The minimum absolute atomic E-state index is 0.0992. The molecule has 106 valence electrons. The number of carbonyl (C=O) groups excluding carboxylic acids is 1. The van der Waals surface area contributed by atoms with Gasteiger partial charge in [-0.25, -0.2) is 0 Å². The van der Waals surface area contributed by atoms with Gasteiger partial charge >= 0.3 is 5.97 Å². The second-order valence-electron chi connectivity index (χ2n) is 5.44. The van der Waals surface area contributed by atoms with E-state index in [9.17, 15) is 14.7 Å². The van der Waals surface area contributed by atoms with Gasteiger partial charge in [0, 0.05) is 25.7 Å². The Morgan fingerprint density at radius 2 is 2.05 bits per heavy atom. The summed E-state index contributed by atoms with van der Waals surface area (Å²) in [5, 5.41) is 15.6. The van der Waals surface area contributed by atoms with E-state index in [1.165, 1.54) is 0 Å². The van der Waals surface area contributed by atoms with Gasteiger partial charge in [-0.3, -0.25) is 14.9 Å². The predicted molar refractivity (Wildman–Crippen MR) is 65.7 cm³/mol. The Kier molecular flexibility index (Phi) is 3.20. The molecule has 0 spiro atoms. The highest BCUT2D eigenvalue weighted by Crippen LogP contribution is 2.32. The number of amides is 1. The average Bonchev–Trinajstić information content (AvgIpc) is 2.77. The molecular weight excluding hydrogens is 250 g/mol. The fourth-order valence-corrected chi connectivity index (χ4v) is 3.36. The molecule has 3 aliphatic rings. The highest BCUT2D eigenvalue weighted by molar-refractivity contribution is 5.94. The van der Waals surface area contributed by atoms with Crippen LogP contribution in [0.4, 0.5) is 0 Å². The maximum absolute atomic E-state index is 12.8. The first kappa shape index (κ1) is 12.8. The summed E-state index contributed by atoms with van der Waals surface area (Å²) in [6.07, 6.45) is 1.42. The summed E-state index contributed by atoms with van der Waals surface area (Å²) in [4.78, 5) is 25.9. The number of carboxylic acid groups (broad SMARTS) is 1. The molecule has 1 amide bonds.